The van der Waals surface area contributed by atoms with E-state index in [2.05, 4.69) is 4.90 Å². The van der Waals surface area contributed by atoms with Crippen molar-refractivity contribution in [1.29, 1.82) is 0 Å². The molecule has 0 amide bonds. The third kappa shape index (κ3) is 2.24. The lowest BCUT2D eigenvalue weighted by molar-refractivity contribution is 0.122. The Balaban J connectivity index is 2.40. The van der Waals surface area contributed by atoms with E-state index in [9.17, 15) is 0 Å². The van der Waals surface area contributed by atoms with Crippen molar-refractivity contribution in [2.24, 2.45) is 0 Å². The van der Waals surface area contributed by atoms with Gasteiger partial charge in [0.2, 0.25) is 0 Å². The maximum atomic E-state index is 6.11. The summed E-state index contributed by atoms with van der Waals surface area (Å²) >= 11 is 0. The molecule has 1 heterocycles. The van der Waals surface area contributed by atoms with Crippen LogP contribution in [0.2, 0.25) is 0 Å². The Morgan fingerprint density at radius 1 is 1.12 bits per heavy atom. The molecule has 1 aromatic rings. The van der Waals surface area contributed by atoms with Crippen LogP contribution in [0, 0.1) is 0 Å². The van der Waals surface area contributed by atoms with Crippen LogP contribution in [0.5, 0.6) is 11.5 Å². The number of ether oxygens (including phenoxy) is 3. The van der Waals surface area contributed by atoms with Gasteiger partial charge in [0.05, 0.1) is 27.4 Å². The summed E-state index contributed by atoms with van der Waals surface area (Å²) in [5, 5.41) is 0. The summed E-state index contributed by atoms with van der Waals surface area (Å²) in [4.78, 5) is 2.17. The van der Waals surface area contributed by atoms with Crippen molar-refractivity contribution in [3.05, 3.63) is 12.1 Å². The number of hydrogen-bond acceptors (Lipinski definition) is 5. The number of morpholine rings is 1. The second-order valence-corrected chi connectivity index (χ2v) is 3.83. The molecule has 1 saturated heterocycles. The van der Waals surface area contributed by atoms with Crippen molar-refractivity contribution in [2.75, 3.05) is 51.2 Å². The van der Waals surface area contributed by atoms with Gasteiger partial charge in [-0.05, 0) is 12.1 Å². The molecule has 17 heavy (non-hydrogen) atoms. The van der Waals surface area contributed by atoms with Gasteiger partial charge in [-0.25, -0.2) is 0 Å². The summed E-state index contributed by atoms with van der Waals surface area (Å²) < 4.78 is 15.9. The van der Waals surface area contributed by atoms with Crippen LogP contribution in [0.3, 0.4) is 0 Å². The molecule has 0 saturated carbocycles. The highest BCUT2D eigenvalue weighted by molar-refractivity contribution is 5.80. The largest absolute Gasteiger partial charge is 0.495 e. The summed E-state index contributed by atoms with van der Waals surface area (Å²) in [6, 6.07) is 3.69. The maximum absolute atomic E-state index is 6.11. The van der Waals surface area contributed by atoms with Gasteiger partial charge in [0, 0.05) is 13.1 Å². The van der Waals surface area contributed by atoms with Crippen LogP contribution in [0.15, 0.2) is 12.1 Å². The first-order valence-corrected chi connectivity index (χ1v) is 5.61. The fourth-order valence-corrected chi connectivity index (χ4v) is 2.03. The highest BCUT2D eigenvalue weighted by Crippen LogP contribution is 2.40. The number of rotatable bonds is 3. The molecular formula is C12H18N2O3. The van der Waals surface area contributed by atoms with E-state index in [1.807, 2.05) is 12.1 Å². The van der Waals surface area contributed by atoms with Gasteiger partial charge < -0.3 is 24.8 Å². The average Bonchev–Trinajstić information content (AvgIpc) is 2.39. The Morgan fingerprint density at radius 3 is 2.29 bits per heavy atom. The lowest BCUT2D eigenvalue weighted by Crippen LogP contribution is -2.36. The minimum atomic E-state index is 0.619. The second-order valence-electron chi connectivity index (χ2n) is 3.83. The van der Waals surface area contributed by atoms with E-state index in [1.165, 1.54) is 0 Å². The standard InChI is InChI=1S/C12H18N2O3/c1-15-9-3-4-10(16-2)12(11(9)13)14-5-7-17-8-6-14/h3-4H,5-8,13H2,1-2H3. The van der Waals surface area contributed by atoms with Crippen LogP contribution in [0.1, 0.15) is 0 Å². The second kappa shape index (κ2) is 5.14. The molecule has 1 aromatic carbocycles. The fourth-order valence-electron chi connectivity index (χ4n) is 2.03. The lowest BCUT2D eigenvalue weighted by Gasteiger charge is -2.31. The van der Waals surface area contributed by atoms with Gasteiger partial charge in [-0.3, -0.25) is 0 Å². The molecule has 0 spiro atoms. The van der Waals surface area contributed by atoms with Crippen LogP contribution >= 0.6 is 0 Å². The summed E-state index contributed by atoms with van der Waals surface area (Å²) in [7, 11) is 3.26. The number of nitrogens with two attached hydrogens (primary N) is 1. The van der Waals surface area contributed by atoms with Gasteiger partial charge in [0.1, 0.15) is 22.9 Å². The molecule has 0 bridgehead atoms. The van der Waals surface area contributed by atoms with Crippen LogP contribution in [-0.4, -0.2) is 40.5 Å². The zero-order valence-corrected chi connectivity index (χ0v) is 10.2. The van der Waals surface area contributed by atoms with Crippen molar-refractivity contribution in [3.8, 4) is 11.5 Å². The van der Waals surface area contributed by atoms with Gasteiger partial charge in [-0.15, -0.1) is 0 Å². The molecule has 0 atom stereocenters. The predicted molar refractivity (Wildman–Crippen MR) is 67.0 cm³/mol. The maximum Gasteiger partial charge on any atom is 0.144 e. The molecule has 1 fully saturated rings. The van der Waals surface area contributed by atoms with E-state index >= 15 is 0 Å². The number of benzene rings is 1. The lowest BCUT2D eigenvalue weighted by atomic mass is 10.2. The summed E-state index contributed by atoms with van der Waals surface area (Å²) in [6.45, 7) is 3.04. The molecule has 2 rings (SSSR count). The third-order valence-corrected chi connectivity index (χ3v) is 2.91. The molecule has 1 aliphatic heterocycles. The number of nitrogen functional groups attached to an aromatic ring is 1. The zero-order valence-electron chi connectivity index (χ0n) is 10.2. The highest BCUT2D eigenvalue weighted by Gasteiger charge is 2.20. The normalized spacial score (nSPS) is 15.8. The Hall–Kier alpha value is -1.62. The van der Waals surface area contributed by atoms with Gasteiger partial charge in [-0.2, -0.15) is 0 Å². The summed E-state index contributed by atoms with van der Waals surface area (Å²) in [5.41, 5.74) is 7.63. The van der Waals surface area contributed by atoms with Crippen LogP contribution in [-0.2, 0) is 4.74 Å². The molecule has 0 unspecified atom stereocenters. The van der Waals surface area contributed by atoms with E-state index in [1.54, 1.807) is 14.2 Å². The van der Waals surface area contributed by atoms with E-state index in [4.69, 9.17) is 19.9 Å². The minimum absolute atomic E-state index is 0.619. The Morgan fingerprint density at radius 2 is 1.71 bits per heavy atom. The monoisotopic (exact) mass is 238 g/mol. The molecule has 94 valence electrons. The number of nitrogens with zero attached hydrogens (tertiary/aromatic N) is 1. The molecule has 0 aliphatic carbocycles. The van der Waals surface area contributed by atoms with Gasteiger partial charge in [0.15, 0.2) is 0 Å². The van der Waals surface area contributed by atoms with E-state index in [0.717, 1.165) is 24.5 Å². The van der Waals surface area contributed by atoms with Crippen LogP contribution in [0.4, 0.5) is 11.4 Å². The summed E-state index contributed by atoms with van der Waals surface area (Å²) in [6.07, 6.45) is 0. The number of methoxy groups -OCH3 is 2. The van der Waals surface area contributed by atoms with E-state index < -0.39 is 0 Å². The first kappa shape index (κ1) is 11.9. The number of hydrogen-bond donors (Lipinski definition) is 1. The average molecular weight is 238 g/mol. The first-order valence-electron chi connectivity index (χ1n) is 5.61. The third-order valence-electron chi connectivity index (χ3n) is 2.91. The zero-order chi connectivity index (χ0) is 12.3. The van der Waals surface area contributed by atoms with Crippen molar-refractivity contribution >= 4 is 11.4 Å². The van der Waals surface area contributed by atoms with Crippen molar-refractivity contribution < 1.29 is 14.2 Å². The predicted octanol–water partition coefficient (Wildman–Crippen LogP) is 1.12. The molecule has 2 N–H and O–H groups in total. The molecule has 5 heteroatoms. The fraction of sp³-hybridized carbons (Fsp3) is 0.500. The topological polar surface area (TPSA) is 57.0 Å². The van der Waals surface area contributed by atoms with Crippen LogP contribution in [0.25, 0.3) is 0 Å². The molecule has 5 nitrogen and oxygen atoms in total. The van der Waals surface area contributed by atoms with Crippen molar-refractivity contribution in [3.63, 3.8) is 0 Å². The van der Waals surface area contributed by atoms with Gasteiger partial charge >= 0.3 is 0 Å². The minimum Gasteiger partial charge on any atom is -0.495 e. The Labute approximate surface area is 101 Å². The van der Waals surface area contributed by atoms with E-state index in [0.29, 0.717) is 24.7 Å². The quantitative estimate of drug-likeness (QED) is 0.800. The Kier molecular flexibility index (Phi) is 3.58. The molecular weight excluding hydrogens is 220 g/mol. The smallest absolute Gasteiger partial charge is 0.144 e. The van der Waals surface area contributed by atoms with Crippen molar-refractivity contribution in [1.82, 2.24) is 0 Å². The SMILES string of the molecule is COc1ccc(OC)c(N2CCOCC2)c1N. The molecule has 0 aromatic heterocycles. The highest BCUT2D eigenvalue weighted by atomic mass is 16.5. The Bertz CT molecular complexity index is 390. The summed E-state index contributed by atoms with van der Waals surface area (Å²) in [5.74, 6) is 1.44. The van der Waals surface area contributed by atoms with Crippen LogP contribution < -0.4 is 20.1 Å². The number of anilines is 2. The van der Waals surface area contributed by atoms with Gasteiger partial charge in [-0.1, -0.05) is 0 Å². The first-order chi connectivity index (χ1) is 8.27. The molecule has 1 aliphatic rings. The molecule has 0 radical (unpaired) electrons. The van der Waals surface area contributed by atoms with E-state index in [-0.39, 0.29) is 0 Å². The van der Waals surface area contributed by atoms with Gasteiger partial charge in [0.25, 0.3) is 0 Å². The van der Waals surface area contributed by atoms with Crippen molar-refractivity contribution in [2.45, 2.75) is 0 Å².